The maximum atomic E-state index is 13.3. The molecule has 216 valence electrons. The van der Waals surface area contributed by atoms with Gasteiger partial charge in [0, 0.05) is 42.6 Å². The molecule has 0 atom stereocenters. The number of ether oxygens (including phenoxy) is 1. The first-order valence-electron chi connectivity index (χ1n) is 14.1. The topological polar surface area (TPSA) is 85.2 Å². The van der Waals surface area contributed by atoms with Gasteiger partial charge in [0.2, 0.25) is 5.91 Å². The van der Waals surface area contributed by atoms with E-state index in [0.717, 1.165) is 48.2 Å². The SMILES string of the molecule is CCOc1cc2c(cc1C(=O)NC1CCC(C)CC1)nc(Cc1c(Cl)ccc(CNC(=O)C(C)(C)C)c1Cl)n2C. The number of hydrogen-bond donors (Lipinski definition) is 2. The molecular formula is C31H40Cl2N4O3. The van der Waals surface area contributed by atoms with E-state index in [1.54, 1.807) is 6.07 Å². The highest BCUT2D eigenvalue weighted by atomic mass is 35.5. The number of benzene rings is 2. The Kier molecular flexibility index (Phi) is 9.36. The van der Waals surface area contributed by atoms with Gasteiger partial charge < -0.3 is 19.9 Å². The summed E-state index contributed by atoms with van der Waals surface area (Å²) in [5.41, 5.74) is 3.06. The number of nitrogens with one attached hydrogen (secondary N) is 2. The number of imidazole rings is 1. The third kappa shape index (κ3) is 6.74. The van der Waals surface area contributed by atoms with Crippen molar-refractivity contribution in [3.63, 3.8) is 0 Å². The standard InChI is InChI=1S/C31H40Cl2N4O3/c1-7-40-26-16-25-24(14-22(26)29(38)35-20-11-8-18(2)9-12-20)36-27(37(25)6)15-21-23(32)13-10-19(28(21)33)17-34-30(39)31(3,4)5/h10,13-14,16,18,20H,7-9,11-12,15,17H2,1-6H3,(H,34,39)(H,35,38). The maximum absolute atomic E-state index is 13.3. The molecule has 2 aromatic carbocycles. The Morgan fingerprint density at radius 1 is 1.12 bits per heavy atom. The molecule has 0 aliphatic heterocycles. The zero-order chi connectivity index (χ0) is 29.2. The number of aryl methyl sites for hydroxylation is 1. The van der Waals surface area contributed by atoms with Crippen LogP contribution in [0.3, 0.4) is 0 Å². The van der Waals surface area contributed by atoms with Crippen molar-refractivity contribution in [2.45, 2.75) is 79.3 Å². The minimum atomic E-state index is -0.500. The van der Waals surface area contributed by atoms with Gasteiger partial charge in [0.1, 0.15) is 11.6 Å². The zero-order valence-corrected chi connectivity index (χ0v) is 25.8. The van der Waals surface area contributed by atoms with Crippen LogP contribution in [0.4, 0.5) is 0 Å². The number of rotatable bonds is 8. The van der Waals surface area contributed by atoms with Gasteiger partial charge in [-0.15, -0.1) is 0 Å². The first-order chi connectivity index (χ1) is 18.9. The molecule has 1 aliphatic carbocycles. The van der Waals surface area contributed by atoms with Crippen LogP contribution in [-0.2, 0) is 24.8 Å². The van der Waals surface area contributed by atoms with Crippen molar-refractivity contribution < 1.29 is 14.3 Å². The summed E-state index contributed by atoms with van der Waals surface area (Å²) in [4.78, 5) is 30.6. The number of aromatic nitrogens is 2. The lowest BCUT2D eigenvalue weighted by Gasteiger charge is -2.27. The second-order valence-corrected chi connectivity index (χ2v) is 12.7. The van der Waals surface area contributed by atoms with Gasteiger partial charge in [0.05, 0.1) is 28.2 Å². The van der Waals surface area contributed by atoms with Crippen molar-refractivity contribution >= 4 is 46.0 Å². The van der Waals surface area contributed by atoms with E-state index in [1.165, 1.54) is 0 Å². The second kappa shape index (κ2) is 12.4. The van der Waals surface area contributed by atoms with E-state index in [9.17, 15) is 9.59 Å². The van der Waals surface area contributed by atoms with Crippen LogP contribution >= 0.6 is 23.2 Å². The van der Waals surface area contributed by atoms with Crippen LogP contribution < -0.4 is 15.4 Å². The quantitative estimate of drug-likeness (QED) is 0.302. The molecule has 4 rings (SSSR count). The molecule has 3 aromatic rings. The average molecular weight is 588 g/mol. The summed E-state index contributed by atoms with van der Waals surface area (Å²) < 4.78 is 7.88. The lowest BCUT2D eigenvalue weighted by atomic mass is 9.87. The molecule has 2 N–H and O–H groups in total. The number of nitrogens with zero attached hydrogens (tertiary/aromatic N) is 2. The van der Waals surface area contributed by atoms with E-state index in [0.29, 0.717) is 52.4 Å². The van der Waals surface area contributed by atoms with Crippen LogP contribution in [0, 0.1) is 11.3 Å². The van der Waals surface area contributed by atoms with Gasteiger partial charge >= 0.3 is 0 Å². The smallest absolute Gasteiger partial charge is 0.255 e. The van der Waals surface area contributed by atoms with Gasteiger partial charge in [-0.3, -0.25) is 9.59 Å². The molecule has 9 heteroatoms. The fourth-order valence-corrected chi connectivity index (χ4v) is 5.66. The van der Waals surface area contributed by atoms with Crippen LogP contribution in [0.5, 0.6) is 5.75 Å². The Balaban J connectivity index is 1.62. The zero-order valence-electron chi connectivity index (χ0n) is 24.3. The Bertz CT molecular complexity index is 1400. The van der Waals surface area contributed by atoms with Gasteiger partial charge in [-0.05, 0) is 61.8 Å². The third-order valence-electron chi connectivity index (χ3n) is 7.69. The summed E-state index contributed by atoms with van der Waals surface area (Å²) in [5.74, 6) is 1.81. The highest BCUT2D eigenvalue weighted by Gasteiger charge is 2.25. The summed E-state index contributed by atoms with van der Waals surface area (Å²) in [6.07, 6.45) is 4.62. The minimum Gasteiger partial charge on any atom is -0.493 e. The summed E-state index contributed by atoms with van der Waals surface area (Å²) in [7, 11) is 1.93. The first kappa shape index (κ1) is 30.2. The first-order valence-corrected chi connectivity index (χ1v) is 14.8. The van der Waals surface area contributed by atoms with Gasteiger partial charge in [0.15, 0.2) is 0 Å². The average Bonchev–Trinajstić information content (AvgIpc) is 3.20. The number of hydrogen-bond acceptors (Lipinski definition) is 4. The number of halogens is 2. The van der Waals surface area contributed by atoms with Crippen LogP contribution in [0.25, 0.3) is 11.0 Å². The van der Waals surface area contributed by atoms with E-state index < -0.39 is 5.41 Å². The van der Waals surface area contributed by atoms with Crippen molar-refractivity contribution in [1.82, 2.24) is 20.2 Å². The molecular weight excluding hydrogens is 547 g/mol. The fourth-order valence-electron chi connectivity index (χ4n) is 5.09. The predicted molar refractivity (Wildman–Crippen MR) is 161 cm³/mol. The normalized spacial score (nSPS) is 17.6. The molecule has 0 unspecified atom stereocenters. The van der Waals surface area contributed by atoms with Crippen LogP contribution in [0.2, 0.25) is 10.0 Å². The number of carbonyl (C=O) groups is 2. The molecule has 2 amide bonds. The molecule has 0 spiro atoms. The Morgan fingerprint density at radius 2 is 1.82 bits per heavy atom. The maximum Gasteiger partial charge on any atom is 0.255 e. The monoisotopic (exact) mass is 586 g/mol. The summed E-state index contributed by atoms with van der Waals surface area (Å²) in [5, 5.41) is 7.20. The molecule has 1 saturated carbocycles. The van der Waals surface area contributed by atoms with Crippen molar-refractivity contribution in [3.05, 3.63) is 56.8 Å². The summed E-state index contributed by atoms with van der Waals surface area (Å²) in [6, 6.07) is 7.50. The summed E-state index contributed by atoms with van der Waals surface area (Å²) in [6.45, 7) is 10.5. The number of fused-ring (bicyclic) bond motifs is 1. The second-order valence-electron chi connectivity index (χ2n) is 11.9. The van der Waals surface area contributed by atoms with Gasteiger partial charge in [-0.1, -0.05) is 57.0 Å². The van der Waals surface area contributed by atoms with Gasteiger partial charge in [-0.25, -0.2) is 4.98 Å². The highest BCUT2D eigenvalue weighted by Crippen LogP contribution is 2.33. The van der Waals surface area contributed by atoms with E-state index in [-0.39, 0.29) is 17.9 Å². The van der Waals surface area contributed by atoms with E-state index in [4.69, 9.17) is 32.9 Å². The Hall–Kier alpha value is -2.77. The molecule has 40 heavy (non-hydrogen) atoms. The highest BCUT2D eigenvalue weighted by molar-refractivity contribution is 6.36. The third-order valence-corrected chi connectivity index (χ3v) is 8.52. The molecule has 1 heterocycles. The molecule has 0 bridgehead atoms. The van der Waals surface area contributed by atoms with Gasteiger partial charge in [-0.2, -0.15) is 0 Å². The fraction of sp³-hybridized carbons (Fsp3) is 0.516. The van der Waals surface area contributed by atoms with Gasteiger partial charge in [0.25, 0.3) is 5.91 Å². The van der Waals surface area contributed by atoms with E-state index in [1.807, 2.05) is 57.5 Å². The number of carbonyl (C=O) groups excluding carboxylic acids is 2. The van der Waals surface area contributed by atoms with Crippen LogP contribution in [0.1, 0.15) is 87.6 Å². The lowest BCUT2D eigenvalue weighted by molar-refractivity contribution is -0.128. The van der Waals surface area contributed by atoms with Crippen LogP contribution in [-0.4, -0.2) is 34.0 Å². The molecule has 1 aliphatic rings. The Labute approximate surface area is 247 Å². The van der Waals surface area contributed by atoms with Crippen molar-refractivity contribution in [3.8, 4) is 5.75 Å². The molecule has 0 radical (unpaired) electrons. The molecule has 1 fully saturated rings. The van der Waals surface area contributed by atoms with Crippen molar-refractivity contribution in [2.75, 3.05) is 6.61 Å². The van der Waals surface area contributed by atoms with E-state index >= 15 is 0 Å². The lowest BCUT2D eigenvalue weighted by Crippen LogP contribution is -2.37. The van der Waals surface area contributed by atoms with Crippen molar-refractivity contribution in [2.24, 2.45) is 18.4 Å². The minimum absolute atomic E-state index is 0.0570. The molecule has 7 nitrogen and oxygen atoms in total. The largest absolute Gasteiger partial charge is 0.493 e. The summed E-state index contributed by atoms with van der Waals surface area (Å²) >= 11 is 13.4. The van der Waals surface area contributed by atoms with Crippen LogP contribution in [0.15, 0.2) is 24.3 Å². The van der Waals surface area contributed by atoms with E-state index in [2.05, 4.69) is 17.6 Å². The molecule has 1 aromatic heterocycles. The number of amides is 2. The molecule has 0 saturated heterocycles. The Morgan fingerprint density at radius 3 is 2.48 bits per heavy atom. The predicted octanol–water partition coefficient (Wildman–Crippen LogP) is 6.84. The van der Waals surface area contributed by atoms with Crippen molar-refractivity contribution in [1.29, 1.82) is 0 Å².